The summed E-state index contributed by atoms with van der Waals surface area (Å²) in [6, 6.07) is 11.5. The Labute approximate surface area is 187 Å². The van der Waals surface area contributed by atoms with Crippen LogP contribution in [0.1, 0.15) is 16.1 Å². The smallest absolute Gasteiger partial charge is 0.254 e. The van der Waals surface area contributed by atoms with Gasteiger partial charge in [0, 0.05) is 69.0 Å². The van der Waals surface area contributed by atoms with Gasteiger partial charge in [-0.05, 0) is 31.2 Å². The maximum absolute atomic E-state index is 13.1. The van der Waals surface area contributed by atoms with Crippen LogP contribution in [0.4, 0.5) is 11.8 Å². The predicted molar refractivity (Wildman–Crippen MR) is 121 cm³/mol. The minimum absolute atomic E-state index is 0.0397. The van der Waals surface area contributed by atoms with Gasteiger partial charge >= 0.3 is 0 Å². The number of nitrogens with zero attached hydrogens (tertiary/aromatic N) is 7. The fourth-order valence-electron chi connectivity index (χ4n) is 4.13. The summed E-state index contributed by atoms with van der Waals surface area (Å²) in [4.78, 5) is 28.9. The number of carbonyl (C=O) groups is 1. The molecule has 0 radical (unpaired) electrons. The number of hydrogen-bond donors (Lipinski definition) is 0. The number of ether oxygens (including phenoxy) is 1. The molecule has 0 saturated carbocycles. The number of piperazine rings is 1. The van der Waals surface area contributed by atoms with Gasteiger partial charge in [-0.1, -0.05) is 6.07 Å². The molecule has 5 rings (SSSR count). The zero-order valence-electron chi connectivity index (χ0n) is 18.2. The summed E-state index contributed by atoms with van der Waals surface area (Å²) in [6.07, 6.45) is 3.60. The van der Waals surface area contributed by atoms with Crippen LogP contribution in [0.25, 0.3) is 5.69 Å². The SMILES string of the molecule is Cc1cc(N2CCOCC2)nc(N2CCN(C(=O)c3cccc(-n4cccn4)c3)CC2)n1. The predicted octanol–water partition coefficient (Wildman–Crippen LogP) is 1.77. The standard InChI is InChI=1S/C23H27N7O2/c1-18-16-21(27-12-14-32-15-13-27)26-23(25-18)29-10-8-28(9-11-29)22(31)19-4-2-5-20(17-19)30-7-3-6-24-30/h2-7,16-17H,8-15H2,1H3. The van der Waals surface area contributed by atoms with Crippen LogP contribution < -0.4 is 9.80 Å². The van der Waals surface area contributed by atoms with Crippen molar-refractivity contribution in [2.24, 2.45) is 0 Å². The topological polar surface area (TPSA) is 79.6 Å². The van der Waals surface area contributed by atoms with E-state index in [0.717, 1.165) is 49.5 Å². The molecule has 0 spiro atoms. The van der Waals surface area contributed by atoms with Crippen molar-refractivity contribution in [2.75, 3.05) is 62.3 Å². The lowest BCUT2D eigenvalue weighted by Crippen LogP contribution is -2.49. The minimum Gasteiger partial charge on any atom is -0.378 e. The molecule has 0 atom stereocenters. The lowest BCUT2D eigenvalue weighted by Gasteiger charge is -2.35. The molecule has 1 aromatic carbocycles. The number of aryl methyl sites for hydroxylation is 1. The van der Waals surface area contributed by atoms with Crippen LogP contribution in [0, 0.1) is 6.92 Å². The van der Waals surface area contributed by atoms with Crippen LogP contribution in [0.15, 0.2) is 48.8 Å². The van der Waals surface area contributed by atoms with E-state index in [-0.39, 0.29) is 5.91 Å². The molecule has 4 heterocycles. The third-order valence-electron chi connectivity index (χ3n) is 5.88. The maximum Gasteiger partial charge on any atom is 0.254 e. The number of hydrogen-bond acceptors (Lipinski definition) is 7. The average molecular weight is 434 g/mol. The van der Waals surface area contributed by atoms with Gasteiger partial charge in [-0.15, -0.1) is 0 Å². The molecule has 2 aliphatic rings. The molecule has 9 nitrogen and oxygen atoms in total. The average Bonchev–Trinajstić information content (AvgIpc) is 3.39. The zero-order chi connectivity index (χ0) is 21.9. The highest BCUT2D eigenvalue weighted by molar-refractivity contribution is 5.95. The summed E-state index contributed by atoms with van der Waals surface area (Å²) < 4.78 is 7.22. The molecule has 2 aliphatic heterocycles. The Hall–Kier alpha value is -3.46. The Morgan fingerprint density at radius 2 is 1.75 bits per heavy atom. The van der Waals surface area contributed by atoms with Crippen molar-refractivity contribution in [1.29, 1.82) is 0 Å². The van der Waals surface area contributed by atoms with E-state index < -0.39 is 0 Å². The van der Waals surface area contributed by atoms with Crippen LogP contribution in [-0.2, 0) is 4.74 Å². The number of amides is 1. The number of morpholine rings is 1. The lowest BCUT2D eigenvalue weighted by molar-refractivity contribution is 0.0746. The summed E-state index contributed by atoms with van der Waals surface area (Å²) >= 11 is 0. The molecule has 9 heteroatoms. The first-order valence-electron chi connectivity index (χ1n) is 11.0. The number of anilines is 2. The van der Waals surface area contributed by atoms with E-state index in [1.165, 1.54) is 0 Å². The second-order valence-electron chi connectivity index (χ2n) is 8.05. The van der Waals surface area contributed by atoms with E-state index in [9.17, 15) is 4.79 Å². The van der Waals surface area contributed by atoms with Crippen molar-refractivity contribution >= 4 is 17.7 Å². The first-order valence-corrected chi connectivity index (χ1v) is 11.0. The van der Waals surface area contributed by atoms with E-state index >= 15 is 0 Å². The van der Waals surface area contributed by atoms with E-state index in [1.54, 1.807) is 10.9 Å². The number of rotatable bonds is 4. The van der Waals surface area contributed by atoms with Gasteiger partial charge in [0.05, 0.1) is 18.9 Å². The second kappa shape index (κ2) is 8.96. The summed E-state index contributed by atoms with van der Waals surface area (Å²) in [5.74, 6) is 1.72. The molecule has 0 N–H and O–H groups in total. The van der Waals surface area contributed by atoms with Crippen molar-refractivity contribution in [3.8, 4) is 5.69 Å². The van der Waals surface area contributed by atoms with E-state index in [2.05, 4.69) is 19.9 Å². The van der Waals surface area contributed by atoms with Gasteiger partial charge in [-0.3, -0.25) is 4.79 Å². The van der Waals surface area contributed by atoms with Gasteiger partial charge in [0.15, 0.2) is 0 Å². The summed E-state index contributed by atoms with van der Waals surface area (Å²) in [5.41, 5.74) is 2.50. The monoisotopic (exact) mass is 433 g/mol. The largest absolute Gasteiger partial charge is 0.378 e. The Morgan fingerprint density at radius 1 is 0.938 bits per heavy atom. The first-order chi connectivity index (χ1) is 15.7. The fourth-order valence-corrected chi connectivity index (χ4v) is 4.13. The number of carbonyl (C=O) groups excluding carboxylic acids is 1. The lowest BCUT2D eigenvalue weighted by atomic mass is 10.1. The number of benzene rings is 1. The number of aromatic nitrogens is 4. The van der Waals surface area contributed by atoms with Gasteiger partial charge < -0.3 is 19.4 Å². The van der Waals surface area contributed by atoms with Crippen LogP contribution in [0.3, 0.4) is 0 Å². The first kappa shape index (κ1) is 20.4. The highest BCUT2D eigenvalue weighted by atomic mass is 16.5. The molecule has 2 fully saturated rings. The molecule has 0 unspecified atom stereocenters. The Bertz CT molecular complexity index is 1070. The molecular weight excluding hydrogens is 406 g/mol. The van der Waals surface area contributed by atoms with Crippen LogP contribution in [0.2, 0.25) is 0 Å². The second-order valence-corrected chi connectivity index (χ2v) is 8.05. The highest BCUT2D eigenvalue weighted by Gasteiger charge is 2.25. The molecular formula is C23H27N7O2. The molecule has 1 amide bonds. The molecule has 2 saturated heterocycles. The van der Waals surface area contributed by atoms with Gasteiger partial charge in [-0.2, -0.15) is 10.1 Å². The Balaban J connectivity index is 1.26. The Morgan fingerprint density at radius 3 is 2.50 bits per heavy atom. The van der Waals surface area contributed by atoms with Gasteiger partial charge in [0.2, 0.25) is 5.95 Å². The van der Waals surface area contributed by atoms with Gasteiger partial charge in [-0.25, -0.2) is 9.67 Å². The van der Waals surface area contributed by atoms with Crippen LogP contribution >= 0.6 is 0 Å². The van der Waals surface area contributed by atoms with Crippen molar-refractivity contribution in [3.63, 3.8) is 0 Å². The molecule has 0 aliphatic carbocycles. The fraction of sp³-hybridized carbons (Fsp3) is 0.391. The van der Waals surface area contributed by atoms with Crippen molar-refractivity contribution < 1.29 is 9.53 Å². The highest BCUT2D eigenvalue weighted by Crippen LogP contribution is 2.20. The van der Waals surface area contributed by atoms with E-state index in [0.29, 0.717) is 31.7 Å². The maximum atomic E-state index is 13.1. The van der Waals surface area contributed by atoms with Crippen LogP contribution in [-0.4, -0.2) is 83.0 Å². The normalized spacial score (nSPS) is 17.0. The van der Waals surface area contributed by atoms with E-state index in [1.807, 2.05) is 54.4 Å². The summed E-state index contributed by atoms with van der Waals surface area (Å²) in [5, 5.41) is 4.25. The Kier molecular flexibility index (Phi) is 5.72. The molecule has 0 bridgehead atoms. The molecule has 166 valence electrons. The van der Waals surface area contributed by atoms with Crippen molar-refractivity contribution in [3.05, 3.63) is 60.0 Å². The molecule has 32 heavy (non-hydrogen) atoms. The summed E-state index contributed by atoms with van der Waals surface area (Å²) in [7, 11) is 0. The third kappa shape index (κ3) is 4.29. The molecule has 3 aromatic rings. The summed E-state index contributed by atoms with van der Waals surface area (Å²) in [6.45, 7) is 7.81. The van der Waals surface area contributed by atoms with Crippen LogP contribution in [0.5, 0.6) is 0 Å². The third-order valence-corrected chi connectivity index (χ3v) is 5.88. The van der Waals surface area contributed by atoms with Crippen molar-refractivity contribution in [1.82, 2.24) is 24.6 Å². The van der Waals surface area contributed by atoms with E-state index in [4.69, 9.17) is 9.72 Å². The van der Waals surface area contributed by atoms with Gasteiger partial charge in [0.25, 0.3) is 5.91 Å². The van der Waals surface area contributed by atoms with Gasteiger partial charge in [0.1, 0.15) is 5.82 Å². The minimum atomic E-state index is 0.0397. The van der Waals surface area contributed by atoms with Crippen molar-refractivity contribution in [2.45, 2.75) is 6.92 Å². The molecule has 2 aromatic heterocycles. The quantitative estimate of drug-likeness (QED) is 0.620. The zero-order valence-corrected chi connectivity index (χ0v) is 18.2.